The van der Waals surface area contributed by atoms with E-state index in [4.69, 9.17) is 4.52 Å². The molecule has 0 aliphatic rings. The molecule has 0 aliphatic carbocycles. The number of nitrogens with zero attached hydrogens (tertiary/aromatic N) is 4. The summed E-state index contributed by atoms with van der Waals surface area (Å²) in [7, 11) is 1.82. The molecule has 160 valence electrons. The first-order valence-corrected chi connectivity index (χ1v) is 10.3. The molecule has 2 aromatic heterocycles. The molecule has 0 spiro atoms. The summed E-state index contributed by atoms with van der Waals surface area (Å²) in [6, 6.07) is 8.29. The predicted octanol–water partition coefficient (Wildman–Crippen LogP) is 4.14. The Morgan fingerprint density at radius 1 is 1.23 bits per heavy atom. The quantitative estimate of drug-likeness (QED) is 0.540. The van der Waals surface area contributed by atoms with Gasteiger partial charge in [0.05, 0.1) is 5.69 Å². The first-order valence-electron chi connectivity index (χ1n) is 10.3. The second-order valence-corrected chi connectivity index (χ2v) is 7.76. The van der Waals surface area contributed by atoms with Gasteiger partial charge < -0.3 is 9.42 Å². The zero-order valence-corrected chi connectivity index (χ0v) is 17.7. The van der Waals surface area contributed by atoms with Crippen molar-refractivity contribution < 1.29 is 13.7 Å². The lowest BCUT2D eigenvalue weighted by Gasteiger charge is -2.16. The number of aryl methyl sites for hydroxylation is 2. The molecule has 7 nitrogen and oxygen atoms in total. The Kier molecular flexibility index (Phi) is 7.32. The van der Waals surface area contributed by atoms with Crippen LogP contribution >= 0.6 is 0 Å². The van der Waals surface area contributed by atoms with Gasteiger partial charge in [-0.2, -0.15) is 10.1 Å². The molecule has 8 heteroatoms. The average Bonchev–Trinajstić information content (AvgIpc) is 3.38. The maximum Gasteiger partial charge on any atom is 0.226 e. The molecule has 0 atom stereocenters. The number of carbonyl (C=O) groups excluding carboxylic acids is 1. The largest absolute Gasteiger partial charge is 0.346 e. The summed E-state index contributed by atoms with van der Waals surface area (Å²) in [6.07, 6.45) is 3.31. The van der Waals surface area contributed by atoms with Gasteiger partial charge in [-0.15, -0.1) is 0 Å². The van der Waals surface area contributed by atoms with Crippen LogP contribution in [0.3, 0.4) is 0 Å². The van der Waals surface area contributed by atoms with Crippen molar-refractivity contribution in [3.05, 3.63) is 53.6 Å². The van der Waals surface area contributed by atoms with Crippen molar-refractivity contribution in [2.45, 2.75) is 51.9 Å². The maximum absolute atomic E-state index is 13.4. The number of halogens is 1. The van der Waals surface area contributed by atoms with Crippen LogP contribution in [0.15, 0.2) is 34.9 Å². The van der Waals surface area contributed by atoms with Crippen molar-refractivity contribution in [1.82, 2.24) is 25.2 Å². The van der Waals surface area contributed by atoms with Gasteiger partial charge in [0.15, 0.2) is 5.82 Å². The zero-order valence-electron chi connectivity index (χ0n) is 17.7. The number of benzene rings is 1. The summed E-state index contributed by atoms with van der Waals surface area (Å²) in [4.78, 5) is 18.4. The molecule has 3 aromatic rings. The van der Waals surface area contributed by atoms with Crippen LogP contribution in [0, 0.1) is 5.82 Å². The van der Waals surface area contributed by atoms with Gasteiger partial charge in [-0.25, -0.2) is 4.39 Å². The van der Waals surface area contributed by atoms with E-state index < -0.39 is 0 Å². The number of rotatable bonds is 10. The lowest BCUT2D eigenvalue weighted by Crippen LogP contribution is -2.27. The molecule has 0 fully saturated rings. The maximum atomic E-state index is 13.4. The Labute approximate surface area is 175 Å². The monoisotopic (exact) mass is 413 g/mol. The van der Waals surface area contributed by atoms with E-state index >= 15 is 0 Å². The van der Waals surface area contributed by atoms with Crippen LogP contribution < -0.4 is 0 Å². The van der Waals surface area contributed by atoms with Gasteiger partial charge in [0, 0.05) is 43.6 Å². The molecule has 0 saturated carbocycles. The summed E-state index contributed by atoms with van der Waals surface area (Å²) < 4.78 is 18.6. The molecule has 3 rings (SSSR count). The Morgan fingerprint density at radius 3 is 2.80 bits per heavy atom. The van der Waals surface area contributed by atoms with E-state index in [0.29, 0.717) is 37.5 Å². The Bertz CT molecular complexity index is 966. The van der Waals surface area contributed by atoms with Crippen LogP contribution in [-0.4, -0.2) is 44.7 Å². The molecule has 1 aromatic carbocycles. The fraction of sp³-hybridized carbons (Fsp3) is 0.455. The van der Waals surface area contributed by atoms with Crippen LogP contribution in [0.4, 0.5) is 4.39 Å². The highest BCUT2D eigenvalue weighted by atomic mass is 19.1. The van der Waals surface area contributed by atoms with E-state index in [9.17, 15) is 9.18 Å². The van der Waals surface area contributed by atoms with Gasteiger partial charge in [0.1, 0.15) is 5.82 Å². The van der Waals surface area contributed by atoms with Crippen molar-refractivity contribution in [2.24, 2.45) is 0 Å². The van der Waals surface area contributed by atoms with Crippen molar-refractivity contribution in [2.75, 3.05) is 13.6 Å². The number of amides is 1. The van der Waals surface area contributed by atoms with E-state index in [0.717, 1.165) is 29.8 Å². The summed E-state index contributed by atoms with van der Waals surface area (Å²) in [5, 5.41) is 11.2. The number of H-pyrrole nitrogens is 1. The van der Waals surface area contributed by atoms with Gasteiger partial charge in [0.25, 0.3) is 0 Å². The smallest absolute Gasteiger partial charge is 0.226 e. The van der Waals surface area contributed by atoms with Gasteiger partial charge in [-0.05, 0) is 37.5 Å². The molecule has 1 amide bonds. The minimum Gasteiger partial charge on any atom is -0.346 e. The summed E-state index contributed by atoms with van der Waals surface area (Å²) >= 11 is 0. The zero-order chi connectivity index (χ0) is 21.5. The minimum atomic E-state index is -0.281. The van der Waals surface area contributed by atoms with Crippen LogP contribution in [0.2, 0.25) is 0 Å². The fourth-order valence-electron chi connectivity index (χ4n) is 3.10. The highest BCUT2D eigenvalue weighted by Gasteiger charge is 2.12. The highest BCUT2D eigenvalue weighted by Crippen LogP contribution is 2.19. The van der Waals surface area contributed by atoms with E-state index in [1.807, 2.05) is 33.0 Å². The fourth-order valence-corrected chi connectivity index (χ4v) is 3.10. The van der Waals surface area contributed by atoms with E-state index in [-0.39, 0.29) is 17.6 Å². The number of aromatic amines is 1. The summed E-state index contributed by atoms with van der Waals surface area (Å²) in [5.41, 5.74) is 2.43. The Hall–Kier alpha value is -3.03. The average molecular weight is 413 g/mol. The van der Waals surface area contributed by atoms with Gasteiger partial charge in [-0.3, -0.25) is 9.89 Å². The minimum absolute atomic E-state index is 0.101. The predicted molar refractivity (Wildman–Crippen MR) is 111 cm³/mol. The molecular weight excluding hydrogens is 385 g/mol. The lowest BCUT2D eigenvalue weighted by atomic mass is 10.1. The third-order valence-electron chi connectivity index (χ3n) is 4.90. The van der Waals surface area contributed by atoms with Gasteiger partial charge in [0.2, 0.25) is 11.8 Å². The molecule has 0 bridgehead atoms. The first kappa shape index (κ1) is 21.7. The van der Waals surface area contributed by atoms with Crippen molar-refractivity contribution >= 4 is 5.91 Å². The van der Waals surface area contributed by atoms with E-state index in [1.54, 1.807) is 11.0 Å². The Morgan fingerprint density at radius 2 is 2.07 bits per heavy atom. The van der Waals surface area contributed by atoms with Gasteiger partial charge in [-0.1, -0.05) is 31.1 Å². The number of aromatic nitrogens is 4. The highest BCUT2D eigenvalue weighted by molar-refractivity contribution is 5.75. The number of nitrogens with one attached hydrogen (secondary N) is 1. The molecule has 0 radical (unpaired) electrons. The van der Waals surface area contributed by atoms with Crippen LogP contribution in [0.25, 0.3) is 11.3 Å². The van der Waals surface area contributed by atoms with Crippen LogP contribution in [0.5, 0.6) is 0 Å². The molecule has 1 N–H and O–H groups in total. The molecule has 0 aliphatic heterocycles. The second kappa shape index (κ2) is 10.1. The molecule has 0 saturated heterocycles. The van der Waals surface area contributed by atoms with Crippen LogP contribution in [0.1, 0.15) is 56.4 Å². The number of hydrogen-bond donors (Lipinski definition) is 1. The second-order valence-electron chi connectivity index (χ2n) is 7.76. The topological polar surface area (TPSA) is 87.9 Å². The summed E-state index contributed by atoms with van der Waals surface area (Å²) in [6.45, 7) is 4.68. The van der Waals surface area contributed by atoms with E-state index in [2.05, 4.69) is 20.3 Å². The SMILES string of the molecule is CC(C)c1noc(CCCC(=O)N(C)CCCc2cc(-c3cccc(F)c3)n[nH]2)n1. The lowest BCUT2D eigenvalue weighted by molar-refractivity contribution is -0.130. The molecular formula is C22H28FN5O2. The molecule has 0 unspecified atom stereocenters. The molecule has 30 heavy (non-hydrogen) atoms. The Balaban J connectivity index is 1.37. The van der Waals surface area contributed by atoms with Gasteiger partial charge >= 0.3 is 0 Å². The van der Waals surface area contributed by atoms with Crippen LogP contribution in [-0.2, 0) is 17.6 Å². The van der Waals surface area contributed by atoms with Crippen molar-refractivity contribution in [1.29, 1.82) is 0 Å². The van der Waals surface area contributed by atoms with Crippen molar-refractivity contribution in [3.8, 4) is 11.3 Å². The normalized spacial score (nSPS) is 11.2. The first-order chi connectivity index (χ1) is 14.4. The number of carbonyl (C=O) groups is 1. The third kappa shape index (κ3) is 5.98. The summed E-state index contributed by atoms with van der Waals surface area (Å²) in [5.74, 6) is 1.34. The van der Waals surface area contributed by atoms with Crippen molar-refractivity contribution in [3.63, 3.8) is 0 Å². The van der Waals surface area contributed by atoms with E-state index in [1.165, 1.54) is 12.1 Å². The number of hydrogen-bond acceptors (Lipinski definition) is 5. The molecule has 2 heterocycles. The third-order valence-corrected chi connectivity index (χ3v) is 4.90. The standard InChI is InChI=1S/C22H28FN5O2/c1-15(2)22-24-20(30-27-22)10-5-11-21(29)28(3)12-6-9-18-14-19(26-25-18)16-7-4-8-17(23)13-16/h4,7-8,13-15H,5-6,9-12H2,1-3H3,(H,25,26).